The first kappa shape index (κ1) is 20.8. The van der Waals surface area contributed by atoms with Crippen LogP contribution >= 0.6 is 0 Å². The van der Waals surface area contributed by atoms with E-state index in [2.05, 4.69) is 18.0 Å². The van der Waals surface area contributed by atoms with Gasteiger partial charge in [0.15, 0.2) is 5.78 Å². The van der Waals surface area contributed by atoms with Gasteiger partial charge < -0.3 is 14.6 Å². The molecule has 1 unspecified atom stereocenters. The number of hydrogen-bond acceptors (Lipinski definition) is 3. The highest BCUT2D eigenvalue weighted by Gasteiger charge is 2.30. The number of aromatic amines is 1. The quantitative estimate of drug-likeness (QED) is 0.590. The van der Waals surface area contributed by atoms with Gasteiger partial charge in [0.2, 0.25) is 0 Å². The van der Waals surface area contributed by atoms with Gasteiger partial charge >= 0.3 is 0 Å². The highest BCUT2D eigenvalue weighted by Crippen LogP contribution is 2.34. The van der Waals surface area contributed by atoms with Crippen LogP contribution in [0.4, 0.5) is 0 Å². The van der Waals surface area contributed by atoms with Crippen LogP contribution < -0.4 is 4.74 Å². The molecule has 166 valence electrons. The van der Waals surface area contributed by atoms with E-state index in [1.165, 1.54) is 23.1 Å². The van der Waals surface area contributed by atoms with Gasteiger partial charge in [-0.1, -0.05) is 19.1 Å². The third-order valence-electron chi connectivity index (χ3n) is 7.23. The lowest BCUT2D eigenvalue weighted by molar-refractivity contribution is 0.0651. The van der Waals surface area contributed by atoms with Crippen molar-refractivity contribution in [3.05, 3.63) is 64.8 Å². The van der Waals surface area contributed by atoms with Crippen molar-refractivity contribution in [2.24, 2.45) is 11.8 Å². The second-order valence-electron chi connectivity index (χ2n) is 9.32. The molecule has 1 atom stereocenters. The van der Waals surface area contributed by atoms with Gasteiger partial charge in [-0.3, -0.25) is 9.59 Å². The van der Waals surface area contributed by atoms with Crippen LogP contribution in [-0.4, -0.2) is 41.8 Å². The number of aromatic nitrogens is 1. The second kappa shape index (κ2) is 8.45. The van der Waals surface area contributed by atoms with E-state index < -0.39 is 0 Å². The Balaban J connectivity index is 1.30. The van der Waals surface area contributed by atoms with Gasteiger partial charge in [0.05, 0.1) is 18.2 Å². The van der Waals surface area contributed by atoms with Gasteiger partial charge in [-0.2, -0.15) is 0 Å². The van der Waals surface area contributed by atoms with Crippen LogP contribution in [0, 0.1) is 11.8 Å². The Bertz CT molecular complexity index is 1150. The monoisotopic (exact) mass is 430 g/mol. The van der Waals surface area contributed by atoms with E-state index in [1.54, 1.807) is 7.11 Å². The average Bonchev–Trinajstić information content (AvgIpc) is 3.21. The van der Waals surface area contributed by atoms with Gasteiger partial charge in [0, 0.05) is 35.7 Å². The average molecular weight is 431 g/mol. The molecule has 5 rings (SSSR count). The van der Waals surface area contributed by atoms with E-state index in [-0.39, 0.29) is 17.6 Å². The van der Waals surface area contributed by atoms with E-state index in [0.29, 0.717) is 37.4 Å². The lowest BCUT2D eigenvalue weighted by atomic mass is 9.87. The number of amides is 1. The minimum atomic E-state index is -0.0393. The number of aryl methyl sites for hydroxylation is 1. The molecule has 2 aliphatic rings. The number of likely N-dealkylation sites (tertiary alicyclic amines) is 1. The van der Waals surface area contributed by atoms with Crippen LogP contribution in [-0.2, 0) is 12.8 Å². The molecule has 1 aliphatic carbocycles. The zero-order valence-corrected chi connectivity index (χ0v) is 18.8. The van der Waals surface area contributed by atoms with Crippen molar-refractivity contribution in [2.75, 3.05) is 20.2 Å². The van der Waals surface area contributed by atoms with E-state index in [1.807, 2.05) is 41.3 Å². The molecule has 0 saturated carbocycles. The molecule has 0 bridgehead atoms. The number of piperidine rings is 1. The maximum Gasteiger partial charge on any atom is 0.255 e. The minimum Gasteiger partial charge on any atom is -0.497 e. The van der Waals surface area contributed by atoms with Crippen LogP contribution in [0.15, 0.2) is 42.5 Å². The molecular formula is C27H30N2O3. The lowest BCUT2D eigenvalue weighted by Gasteiger charge is -2.31. The Morgan fingerprint density at radius 1 is 1.03 bits per heavy atom. The number of Topliss-reactive ketones (excluding diaryl/α,β-unsaturated/α-hetero) is 1. The number of nitrogens with zero attached hydrogens (tertiary/aromatic N) is 1. The highest BCUT2D eigenvalue weighted by molar-refractivity contribution is 6.07. The van der Waals surface area contributed by atoms with Crippen molar-refractivity contribution in [3.8, 4) is 5.75 Å². The fraction of sp³-hybridized carbons (Fsp3) is 0.407. The minimum absolute atomic E-state index is 0.0393. The summed E-state index contributed by atoms with van der Waals surface area (Å²) in [4.78, 5) is 31.8. The van der Waals surface area contributed by atoms with Crippen molar-refractivity contribution in [1.29, 1.82) is 0 Å². The largest absolute Gasteiger partial charge is 0.497 e. The molecule has 3 aromatic rings. The number of fused-ring (bicyclic) bond motifs is 3. The summed E-state index contributed by atoms with van der Waals surface area (Å²) in [5.74, 6) is 1.62. The summed E-state index contributed by atoms with van der Waals surface area (Å²) in [5, 5.41) is 1.20. The Hall–Kier alpha value is -3.08. The molecule has 5 heteroatoms. The van der Waals surface area contributed by atoms with E-state index in [9.17, 15) is 9.59 Å². The van der Waals surface area contributed by atoms with Crippen molar-refractivity contribution in [2.45, 2.75) is 39.0 Å². The standard InChI is InChI=1S/C27H30N2O3/c1-17-6-11-24-23(16-17)21-4-3-5-22(25(21)28-24)27(31)29-14-12-19(13-15-29)26(30)18-7-9-20(32-2)10-8-18/h3-5,7-10,17,19,28H,6,11-16H2,1-2H3. The predicted molar refractivity (Wildman–Crippen MR) is 125 cm³/mol. The normalized spacial score (nSPS) is 19.1. The molecule has 1 fully saturated rings. The van der Waals surface area contributed by atoms with E-state index in [0.717, 1.165) is 29.7 Å². The van der Waals surface area contributed by atoms with Gasteiger partial charge in [0.1, 0.15) is 5.75 Å². The molecule has 1 saturated heterocycles. The number of carbonyl (C=O) groups excluding carboxylic acids is 2. The first-order valence-corrected chi connectivity index (χ1v) is 11.6. The fourth-order valence-electron chi connectivity index (χ4n) is 5.30. The summed E-state index contributed by atoms with van der Waals surface area (Å²) in [5.41, 5.74) is 5.13. The first-order valence-electron chi connectivity index (χ1n) is 11.6. The van der Waals surface area contributed by atoms with Crippen LogP contribution in [0.1, 0.15) is 58.2 Å². The number of ketones is 1. The topological polar surface area (TPSA) is 62.4 Å². The van der Waals surface area contributed by atoms with Crippen molar-refractivity contribution in [1.82, 2.24) is 9.88 Å². The maximum absolute atomic E-state index is 13.4. The summed E-state index contributed by atoms with van der Waals surface area (Å²) < 4.78 is 5.18. The number of ether oxygens (including phenoxy) is 1. The molecule has 2 aromatic carbocycles. The van der Waals surface area contributed by atoms with Gasteiger partial charge in [-0.15, -0.1) is 0 Å². The molecule has 0 spiro atoms. The zero-order chi connectivity index (χ0) is 22.2. The smallest absolute Gasteiger partial charge is 0.255 e. The lowest BCUT2D eigenvalue weighted by Crippen LogP contribution is -2.40. The fourth-order valence-corrected chi connectivity index (χ4v) is 5.30. The zero-order valence-electron chi connectivity index (χ0n) is 18.8. The Kier molecular flexibility index (Phi) is 5.50. The molecule has 32 heavy (non-hydrogen) atoms. The van der Waals surface area contributed by atoms with E-state index in [4.69, 9.17) is 4.74 Å². The number of rotatable bonds is 4. The van der Waals surface area contributed by atoms with Crippen LogP contribution in [0.25, 0.3) is 10.9 Å². The third-order valence-corrected chi connectivity index (χ3v) is 7.23. The van der Waals surface area contributed by atoms with Crippen LogP contribution in [0.5, 0.6) is 5.75 Å². The van der Waals surface area contributed by atoms with Crippen molar-refractivity contribution in [3.63, 3.8) is 0 Å². The predicted octanol–water partition coefficient (Wildman–Crippen LogP) is 5.04. The van der Waals surface area contributed by atoms with Crippen molar-refractivity contribution < 1.29 is 14.3 Å². The van der Waals surface area contributed by atoms with E-state index >= 15 is 0 Å². The number of hydrogen-bond donors (Lipinski definition) is 1. The highest BCUT2D eigenvalue weighted by atomic mass is 16.5. The molecule has 2 heterocycles. The third kappa shape index (κ3) is 3.70. The SMILES string of the molecule is COc1ccc(C(=O)C2CCN(C(=O)c3cccc4c5c([nH]c34)CCC(C)C5)CC2)cc1. The first-order chi connectivity index (χ1) is 15.5. The Morgan fingerprint density at radius 3 is 2.50 bits per heavy atom. The molecule has 1 N–H and O–H groups in total. The summed E-state index contributed by atoms with van der Waals surface area (Å²) in [6.45, 7) is 3.52. The molecule has 1 amide bonds. The number of benzene rings is 2. The Labute approximate surface area is 188 Å². The molecule has 1 aromatic heterocycles. The summed E-state index contributed by atoms with van der Waals surface area (Å²) >= 11 is 0. The molecule has 5 nitrogen and oxygen atoms in total. The van der Waals surface area contributed by atoms with Crippen LogP contribution in [0.3, 0.4) is 0 Å². The number of para-hydroxylation sites is 1. The number of H-pyrrole nitrogens is 1. The van der Waals surface area contributed by atoms with Gasteiger partial charge in [0.25, 0.3) is 5.91 Å². The maximum atomic E-state index is 13.4. The molecular weight excluding hydrogens is 400 g/mol. The van der Waals surface area contributed by atoms with Gasteiger partial charge in [-0.25, -0.2) is 0 Å². The number of carbonyl (C=O) groups is 2. The summed E-state index contributed by atoms with van der Waals surface area (Å²) in [6.07, 6.45) is 4.72. The Morgan fingerprint density at radius 2 is 1.78 bits per heavy atom. The summed E-state index contributed by atoms with van der Waals surface area (Å²) in [6, 6.07) is 13.4. The number of nitrogens with one attached hydrogen (secondary N) is 1. The molecule has 0 radical (unpaired) electrons. The van der Waals surface area contributed by atoms with Crippen LogP contribution in [0.2, 0.25) is 0 Å². The van der Waals surface area contributed by atoms with Gasteiger partial charge in [-0.05, 0) is 73.9 Å². The van der Waals surface area contributed by atoms with Crippen molar-refractivity contribution >= 4 is 22.6 Å². The molecule has 1 aliphatic heterocycles. The number of methoxy groups -OCH3 is 1. The second-order valence-corrected chi connectivity index (χ2v) is 9.32. The summed E-state index contributed by atoms with van der Waals surface area (Å²) in [7, 11) is 1.62.